The van der Waals surface area contributed by atoms with Crippen molar-refractivity contribution in [2.75, 3.05) is 13.2 Å². The molecule has 0 saturated carbocycles. The highest BCUT2D eigenvalue weighted by molar-refractivity contribution is 9.10. The minimum Gasteiger partial charge on any atom is -0.447 e. The molecule has 0 unspecified atom stereocenters. The van der Waals surface area contributed by atoms with Crippen LogP contribution >= 0.6 is 15.9 Å². The van der Waals surface area contributed by atoms with Crippen LogP contribution in [0.15, 0.2) is 59.1 Å². The lowest BCUT2D eigenvalue weighted by atomic mass is 9.79. The highest BCUT2D eigenvalue weighted by Gasteiger charge is 2.64. The molecule has 182 valence electrons. The summed E-state index contributed by atoms with van der Waals surface area (Å²) in [6.07, 6.45) is 0.0922. The zero-order valence-corrected chi connectivity index (χ0v) is 24.6. The van der Waals surface area contributed by atoms with Gasteiger partial charge in [0.15, 0.2) is 0 Å². The Kier molecular flexibility index (Phi) is 6.63. The Labute approximate surface area is 213 Å². The third-order valence-corrected chi connectivity index (χ3v) is 16.6. The molecule has 2 aliphatic rings. The van der Waals surface area contributed by atoms with Crippen molar-refractivity contribution in [2.45, 2.75) is 62.6 Å². The first kappa shape index (κ1) is 25.2. The number of carbonyl (C=O) groups excluding carboxylic acids is 2. The molecule has 4 rings (SSSR count). The molecule has 0 radical (unpaired) electrons. The molecule has 0 bridgehead atoms. The van der Waals surface area contributed by atoms with Gasteiger partial charge in [0.05, 0.1) is 28.7 Å². The van der Waals surface area contributed by atoms with Crippen molar-refractivity contribution < 1.29 is 14.3 Å². The highest BCUT2D eigenvalue weighted by atomic mass is 79.9. The topological polar surface area (TPSA) is 49.9 Å². The number of likely N-dealkylation sites (tertiary alicyclic amines) is 1. The van der Waals surface area contributed by atoms with Crippen molar-refractivity contribution >= 4 is 44.1 Å². The van der Waals surface area contributed by atoms with E-state index in [9.17, 15) is 9.59 Å². The van der Waals surface area contributed by atoms with Crippen LogP contribution in [0.3, 0.4) is 0 Å². The minimum absolute atomic E-state index is 0.0741. The number of hydrogen-bond donors (Lipinski definition) is 0. The first-order chi connectivity index (χ1) is 15.8. The van der Waals surface area contributed by atoms with E-state index in [4.69, 9.17) is 4.74 Å². The van der Waals surface area contributed by atoms with Crippen molar-refractivity contribution in [3.05, 3.63) is 70.2 Å². The Bertz CT molecular complexity index is 1050. The molecular weight excluding hydrogens is 524 g/mol. The summed E-state index contributed by atoms with van der Waals surface area (Å²) in [5.41, 5.74) is 1.11. The van der Waals surface area contributed by atoms with Gasteiger partial charge in [-0.25, -0.2) is 4.79 Å². The average molecular weight is 560 g/mol. The van der Waals surface area contributed by atoms with Gasteiger partial charge >= 0.3 is 6.09 Å². The van der Waals surface area contributed by atoms with Crippen molar-refractivity contribution in [3.63, 3.8) is 0 Å². The van der Waals surface area contributed by atoms with Crippen LogP contribution in [0.2, 0.25) is 39.3 Å². The summed E-state index contributed by atoms with van der Waals surface area (Å²) >= 11 is 3.51. The van der Waals surface area contributed by atoms with Crippen LogP contribution in [0.5, 0.6) is 0 Å². The Balaban J connectivity index is 1.77. The number of amides is 2. The molecular formula is C26H35BrN2O3Si2. The number of carbonyl (C=O) groups is 2. The molecule has 8 heteroatoms. The fourth-order valence-corrected chi connectivity index (χ4v) is 19.1. The number of hydrogen-bond acceptors (Lipinski definition) is 3. The predicted molar refractivity (Wildman–Crippen MR) is 145 cm³/mol. The molecule has 2 saturated heterocycles. The molecule has 0 spiro atoms. The quantitative estimate of drug-likeness (QED) is 0.314. The van der Waals surface area contributed by atoms with E-state index < -0.39 is 27.8 Å². The lowest BCUT2D eigenvalue weighted by Crippen LogP contribution is -2.81. The fraction of sp³-hybridized carbons (Fsp3) is 0.462. The van der Waals surface area contributed by atoms with E-state index in [2.05, 4.69) is 60.1 Å². The molecule has 2 fully saturated rings. The molecule has 0 N–H and O–H groups in total. The summed E-state index contributed by atoms with van der Waals surface area (Å²) in [6.45, 7) is 15.0. The van der Waals surface area contributed by atoms with E-state index in [1.807, 2.05) is 54.6 Å². The number of β-lactam (4-membered cyclic amide) rings is 1. The summed E-state index contributed by atoms with van der Waals surface area (Å²) in [4.78, 5) is 31.4. The highest BCUT2D eigenvalue weighted by Crippen LogP contribution is 2.45. The zero-order valence-electron chi connectivity index (χ0n) is 21.0. The molecule has 2 heterocycles. The van der Waals surface area contributed by atoms with E-state index in [1.54, 1.807) is 4.90 Å². The van der Waals surface area contributed by atoms with E-state index in [0.717, 1.165) is 15.6 Å². The van der Waals surface area contributed by atoms with E-state index in [0.29, 0.717) is 18.3 Å². The first-order valence-corrected chi connectivity index (χ1v) is 19.9. The Morgan fingerprint density at radius 2 is 1.56 bits per heavy atom. The average Bonchev–Trinajstić information content (AvgIpc) is 3.14. The zero-order chi connectivity index (χ0) is 24.9. The van der Waals surface area contributed by atoms with Crippen LogP contribution in [-0.4, -0.2) is 61.9 Å². The summed E-state index contributed by atoms with van der Waals surface area (Å²) in [7, 11) is -3.34. The Morgan fingerprint density at radius 3 is 2.09 bits per heavy atom. The molecule has 2 amide bonds. The summed E-state index contributed by atoms with van der Waals surface area (Å²) in [5.74, 6) is 0.0741. The maximum atomic E-state index is 14.3. The van der Waals surface area contributed by atoms with Crippen LogP contribution in [0.1, 0.15) is 17.2 Å². The molecule has 2 aliphatic heterocycles. The van der Waals surface area contributed by atoms with E-state index in [1.165, 1.54) is 0 Å². The van der Waals surface area contributed by atoms with Crippen LogP contribution in [0.25, 0.3) is 0 Å². The molecule has 0 aliphatic carbocycles. The second-order valence-corrected chi connectivity index (χ2v) is 23.8. The first-order valence-electron chi connectivity index (χ1n) is 11.9. The van der Waals surface area contributed by atoms with Gasteiger partial charge < -0.3 is 9.64 Å². The second-order valence-electron chi connectivity index (χ2n) is 11.8. The number of halogens is 1. The van der Waals surface area contributed by atoms with Crippen LogP contribution in [-0.2, 0) is 16.0 Å². The number of rotatable bonds is 7. The standard InChI is InChI=1S/C26H35BrN2O3Si2/c1-33(2,3)25(34(4,5)6)28-18-26(23(28)30,16-19-12-14-21(27)15-13-19)29-22(17-32-24(29)31)20-10-8-7-9-11-20/h7-15,22,25H,16-18H2,1-6H3/t22-,26+/m1/s1. The summed E-state index contributed by atoms with van der Waals surface area (Å²) in [5, 5.41) is 0.305. The lowest BCUT2D eigenvalue weighted by Gasteiger charge is -2.60. The van der Waals surface area contributed by atoms with Crippen LogP contribution in [0, 0.1) is 0 Å². The number of ether oxygens (including phenoxy) is 1. The summed E-state index contributed by atoms with van der Waals surface area (Å²) < 4.78 is 6.57. The fourth-order valence-electron chi connectivity index (χ4n) is 6.19. The van der Waals surface area contributed by atoms with Gasteiger partial charge in [0.1, 0.15) is 12.1 Å². The third-order valence-electron chi connectivity index (χ3n) is 6.97. The van der Waals surface area contributed by atoms with Gasteiger partial charge in [-0.3, -0.25) is 9.69 Å². The minimum atomic E-state index is -1.67. The molecule has 34 heavy (non-hydrogen) atoms. The largest absolute Gasteiger partial charge is 0.447 e. The SMILES string of the molecule is C[Si](C)(C)C(N1C[C@](Cc2ccc(Br)cc2)(N2C(=O)OC[C@@H]2c2ccccc2)C1=O)[Si](C)(C)C. The van der Waals surface area contributed by atoms with Gasteiger partial charge in [0, 0.05) is 16.2 Å². The normalized spacial score (nSPS) is 23.4. The number of nitrogens with zero attached hydrogens (tertiary/aromatic N) is 2. The second kappa shape index (κ2) is 8.95. The van der Waals surface area contributed by atoms with Crippen molar-refractivity contribution in [3.8, 4) is 0 Å². The van der Waals surface area contributed by atoms with Gasteiger partial charge in [-0.1, -0.05) is 97.7 Å². The Morgan fingerprint density at radius 1 is 0.971 bits per heavy atom. The van der Waals surface area contributed by atoms with Crippen LogP contribution < -0.4 is 0 Å². The van der Waals surface area contributed by atoms with Crippen molar-refractivity contribution in [2.24, 2.45) is 0 Å². The monoisotopic (exact) mass is 558 g/mol. The molecule has 5 nitrogen and oxygen atoms in total. The van der Waals surface area contributed by atoms with Gasteiger partial charge in [-0.05, 0) is 23.3 Å². The predicted octanol–water partition coefficient (Wildman–Crippen LogP) is 5.89. The third kappa shape index (κ3) is 4.52. The smallest absolute Gasteiger partial charge is 0.411 e. The van der Waals surface area contributed by atoms with E-state index in [-0.39, 0.29) is 18.6 Å². The summed E-state index contributed by atoms with van der Waals surface area (Å²) in [6, 6.07) is 17.7. The number of benzene rings is 2. The lowest BCUT2D eigenvalue weighted by molar-refractivity contribution is -0.162. The van der Waals surface area contributed by atoms with Gasteiger partial charge in [0.2, 0.25) is 0 Å². The van der Waals surface area contributed by atoms with Crippen molar-refractivity contribution in [1.82, 2.24) is 9.80 Å². The maximum Gasteiger partial charge on any atom is 0.411 e. The van der Waals surface area contributed by atoms with Crippen molar-refractivity contribution in [1.29, 1.82) is 0 Å². The van der Waals surface area contributed by atoms with Crippen LogP contribution in [0.4, 0.5) is 4.79 Å². The molecule has 2 aromatic carbocycles. The van der Waals surface area contributed by atoms with Gasteiger partial charge in [0.25, 0.3) is 5.91 Å². The van der Waals surface area contributed by atoms with E-state index >= 15 is 0 Å². The molecule has 0 aromatic heterocycles. The van der Waals surface area contributed by atoms with Gasteiger partial charge in [-0.2, -0.15) is 0 Å². The maximum absolute atomic E-state index is 14.3. The van der Waals surface area contributed by atoms with Gasteiger partial charge in [-0.15, -0.1) is 0 Å². The molecule has 2 aromatic rings. The molecule has 2 atom stereocenters. The number of cyclic esters (lactones) is 1. The Hall–Kier alpha value is -1.91.